The van der Waals surface area contributed by atoms with Gasteiger partial charge in [-0.25, -0.2) is 0 Å². The fourth-order valence-electron chi connectivity index (χ4n) is 2.98. The van der Waals surface area contributed by atoms with Crippen LogP contribution in [0.3, 0.4) is 0 Å². The van der Waals surface area contributed by atoms with Crippen LogP contribution in [0.4, 0.5) is 26.3 Å². The summed E-state index contributed by atoms with van der Waals surface area (Å²) >= 11 is 1.77. The van der Waals surface area contributed by atoms with E-state index in [4.69, 9.17) is 0 Å². The van der Waals surface area contributed by atoms with Gasteiger partial charge in [-0.3, -0.25) is 4.79 Å². The summed E-state index contributed by atoms with van der Waals surface area (Å²) in [5.74, 6) is -0.876. The average molecular weight is 471 g/mol. The molecule has 0 aliphatic carbocycles. The number of hydrogen-bond donors (Lipinski definition) is 0. The standard InChI is InChI=1S/C21H10F6O2S2/c22-20(23,24)10-4-6-12-16(8-10)30-14(18(12)28)2-1-3-15-19(29)13-7-5-11(21(25,26)27)9-17(13)31-15/h1-9,28H/p-1/b2-1+,15-3+. The highest BCUT2D eigenvalue weighted by Crippen LogP contribution is 2.43. The average Bonchev–Trinajstić information content (AvgIpc) is 3.17. The van der Waals surface area contributed by atoms with Crippen LogP contribution in [0.2, 0.25) is 0 Å². The van der Waals surface area contributed by atoms with Gasteiger partial charge in [0.05, 0.1) is 16.0 Å². The van der Waals surface area contributed by atoms with Crippen molar-refractivity contribution in [3.8, 4) is 5.75 Å². The second-order valence-corrected chi connectivity index (χ2v) is 8.70. The van der Waals surface area contributed by atoms with Gasteiger partial charge in [-0.2, -0.15) is 26.3 Å². The fourth-order valence-corrected chi connectivity index (χ4v) is 5.06. The molecule has 0 radical (unpaired) electrons. The van der Waals surface area contributed by atoms with E-state index in [1.165, 1.54) is 18.2 Å². The van der Waals surface area contributed by atoms with Gasteiger partial charge in [0.25, 0.3) is 0 Å². The zero-order valence-corrected chi connectivity index (χ0v) is 16.7. The number of thiophene rings is 1. The number of rotatable bonds is 2. The van der Waals surface area contributed by atoms with Crippen LogP contribution in [-0.2, 0) is 12.4 Å². The molecule has 0 spiro atoms. The van der Waals surface area contributed by atoms with E-state index in [-0.39, 0.29) is 30.3 Å². The van der Waals surface area contributed by atoms with E-state index in [0.717, 1.165) is 59.5 Å². The Morgan fingerprint density at radius 1 is 0.903 bits per heavy atom. The van der Waals surface area contributed by atoms with E-state index in [1.807, 2.05) is 0 Å². The maximum absolute atomic E-state index is 12.8. The number of fused-ring (bicyclic) bond motifs is 2. The van der Waals surface area contributed by atoms with Crippen molar-refractivity contribution >= 4 is 45.0 Å². The monoisotopic (exact) mass is 471 g/mol. The number of allylic oxidation sites excluding steroid dienone is 3. The lowest BCUT2D eigenvalue weighted by molar-refractivity contribution is -0.265. The van der Waals surface area contributed by atoms with Crippen molar-refractivity contribution in [1.29, 1.82) is 0 Å². The smallest absolute Gasteiger partial charge is 0.416 e. The molecule has 31 heavy (non-hydrogen) atoms. The summed E-state index contributed by atoms with van der Waals surface area (Å²) in [7, 11) is 0. The van der Waals surface area contributed by atoms with Crippen LogP contribution in [0, 0.1) is 0 Å². The third kappa shape index (κ3) is 4.09. The van der Waals surface area contributed by atoms with Crippen LogP contribution in [0.15, 0.2) is 58.4 Å². The molecule has 3 aromatic rings. The molecule has 2 heterocycles. The second-order valence-electron chi connectivity index (χ2n) is 6.53. The second kappa shape index (κ2) is 7.45. The minimum absolute atomic E-state index is 0.156. The Labute approximate surface area is 179 Å². The summed E-state index contributed by atoms with van der Waals surface area (Å²) in [6.07, 6.45) is -4.94. The molecular weight excluding hydrogens is 462 g/mol. The summed E-state index contributed by atoms with van der Waals surface area (Å²) in [6.45, 7) is 0. The number of ketones is 1. The molecule has 2 aromatic carbocycles. The lowest BCUT2D eigenvalue weighted by Crippen LogP contribution is -2.05. The summed E-state index contributed by atoms with van der Waals surface area (Å²) in [6, 6.07) is 5.74. The molecule has 0 amide bonds. The van der Waals surface area contributed by atoms with Gasteiger partial charge in [-0.15, -0.1) is 11.3 Å². The van der Waals surface area contributed by atoms with E-state index in [1.54, 1.807) is 0 Å². The van der Waals surface area contributed by atoms with Crippen LogP contribution < -0.4 is 5.11 Å². The number of carbonyl (C=O) groups excluding carboxylic acids is 1. The third-order valence-corrected chi connectivity index (χ3v) is 6.69. The van der Waals surface area contributed by atoms with E-state index in [9.17, 15) is 36.2 Å². The number of halogens is 6. The van der Waals surface area contributed by atoms with Gasteiger partial charge >= 0.3 is 12.4 Å². The number of benzene rings is 2. The Balaban J connectivity index is 1.60. The molecule has 0 fully saturated rings. The van der Waals surface area contributed by atoms with Gasteiger partial charge in [0.15, 0.2) is 0 Å². The predicted molar refractivity (Wildman–Crippen MR) is 105 cm³/mol. The number of alkyl halides is 6. The topological polar surface area (TPSA) is 40.1 Å². The maximum Gasteiger partial charge on any atom is 0.416 e. The fraction of sp³-hybridized carbons (Fsp3) is 0.0952. The van der Waals surface area contributed by atoms with Gasteiger partial charge in [0.2, 0.25) is 5.78 Å². The predicted octanol–water partition coefficient (Wildman–Crippen LogP) is 6.90. The van der Waals surface area contributed by atoms with Crippen molar-refractivity contribution in [2.45, 2.75) is 17.2 Å². The first-order chi connectivity index (χ1) is 14.4. The summed E-state index contributed by atoms with van der Waals surface area (Å²) in [5, 5.41) is 12.5. The quantitative estimate of drug-likeness (QED) is 0.302. The lowest BCUT2D eigenvalue weighted by Gasteiger charge is -2.07. The van der Waals surface area contributed by atoms with Crippen LogP contribution in [0.1, 0.15) is 26.4 Å². The van der Waals surface area contributed by atoms with Crippen LogP contribution >= 0.6 is 23.1 Å². The van der Waals surface area contributed by atoms with E-state index >= 15 is 0 Å². The first kappa shape index (κ1) is 21.5. The molecule has 1 aliphatic rings. The first-order valence-electron chi connectivity index (χ1n) is 8.58. The Kier molecular flexibility index (Phi) is 5.17. The maximum atomic E-state index is 12.8. The van der Waals surface area contributed by atoms with Crippen molar-refractivity contribution in [3.05, 3.63) is 75.0 Å². The van der Waals surface area contributed by atoms with Gasteiger partial charge in [0, 0.05) is 20.0 Å². The Bertz CT molecular complexity index is 1270. The van der Waals surface area contributed by atoms with E-state index in [2.05, 4.69) is 0 Å². The molecule has 0 atom stereocenters. The van der Waals surface area contributed by atoms with Gasteiger partial charge in [-0.1, -0.05) is 29.7 Å². The van der Waals surface area contributed by atoms with Gasteiger partial charge in [0.1, 0.15) is 0 Å². The van der Waals surface area contributed by atoms with Crippen LogP contribution in [0.25, 0.3) is 16.2 Å². The third-order valence-electron chi connectivity index (χ3n) is 4.49. The molecule has 1 aliphatic heterocycles. The zero-order valence-electron chi connectivity index (χ0n) is 15.1. The van der Waals surface area contributed by atoms with Crippen LogP contribution in [0.5, 0.6) is 5.75 Å². The molecule has 160 valence electrons. The highest BCUT2D eigenvalue weighted by atomic mass is 32.2. The normalized spacial score (nSPS) is 16.1. The molecule has 10 heteroatoms. The lowest BCUT2D eigenvalue weighted by atomic mass is 10.1. The van der Waals surface area contributed by atoms with Crippen molar-refractivity contribution in [2.75, 3.05) is 0 Å². The largest absolute Gasteiger partial charge is 0.871 e. The molecule has 4 rings (SSSR count). The number of thioether (sulfide) groups is 1. The summed E-state index contributed by atoms with van der Waals surface area (Å²) in [5.41, 5.74) is -1.56. The van der Waals surface area contributed by atoms with E-state index in [0.29, 0.717) is 0 Å². The van der Waals surface area contributed by atoms with Crippen molar-refractivity contribution in [1.82, 2.24) is 0 Å². The highest BCUT2D eigenvalue weighted by molar-refractivity contribution is 8.04. The molecule has 0 unspecified atom stereocenters. The zero-order chi connectivity index (χ0) is 22.6. The van der Waals surface area contributed by atoms with Crippen molar-refractivity contribution < 1.29 is 36.2 Å². The molecule has 1 aromatic heterocycles. The molecule has 0 saturated heterocycles. The van der Waals surface area contributed by atoms with Crippen LogP contribution in [-0.4, -0.2) is 5.78 Å². The Morgan fingerprint density at radius 3 is 2.23 bits per heavy atom. The van der Waals surface area contributed by atoms with E-state index < -0.39 is 35.0 Å². The molecule has 2 nitrogen and oxygen atoms in total. The number of carbonyl (C=O) groups is 1. The number of Topliss-reactive ketones (excluding diaryl/α,β-unsaturated/α-hetero) is 1. The minimum atomic E-state index is -4.53. The molecule has 0 bridgehead atoms. The SMILES string of the molecule is O=C1/C(=C\C=C\c2sc3cc(C(F)(F)F)ccc3c2[O-])Sc2cc(C(F)(F)F)ccc21. The summed E-state index contributed by atoms with van der Waals surface area (Å²) < 4.78 is 77.3. The van der Waals surface area contributed by atoms with Crippen molar-refractivity contribution in [3.63, 3.8) is 0 Å². The molecule has 0 saturated carbocycles. The minimum Gasteiger partial charge on any atom is -0.871 e. The summed E-state index contributed by atoms with van der Waals surface area (Å²) in [4.78, 5) is 12.9. The van der Waals surface area contributed by atoms with Crippen molar-refractivity contribution in [2.24, 2.45) is 0 Å². The highest BCUT2D eigenvalue weighted by Gasteiger charge is 2.34. The first-order valence-corrected chi connectivity index (χ1v) is 10.2. The van der Waals surface area contributed by atoms with Gasteiger partial charge < -0.3 is 5.11 Å². The molecule has 0 N–H and O–H groups in total. The Morgan fingerprint density at radius 2 is 1.55 bits per heavy atom. The number of hydrogen-bond acceptors (Lipinski definition) is 4. The molecular formula is C21H9F6O2S2-. The Hall–Kier alpha value is -2.72. The van der Waals surface area contributed by atoms with Gasteiger partial charge in [-0.05, 0) is 47.9 Å².